The fourth-order valence-corrected chi connectivity index (χ4v) is 3.30. The molecule has 1 amide bonds. The molecule has 1 aromatic heterocycles. The SMILES string of the molecule is COc1ccc(/C=N/NC(=O)c2nn(-c3ccc(C)c(C)c3)c(=O)c3ccccc23)cc1. The molecular formula is C25H22N4O3. The number of hydrazone groups is 1. The highest BCUT2D eigenvalue weighted by Gasteiger charge is 2.17. The molecule has 0 aliphatic rings. The van der Waals surface area contributed by atoms with Crippen molar-refractivity contribution >= 4 is 22.9 Å². The molecule has 4 aromatic rings. The summed E-state index contributed by atoms with van der Waals surface area (Å²) in [6.07, 6.45) is 1.53. The Balaban J connectivity index is 1.71. The number of amides is 1. The van der Waals surface area contributed by atoms with Gasteiger partial charge in [0, 0.05) is 5.39 Å². The maximum atomic E-state index is 13.1. The highest BCUT2D eigenvalue weighted by atomic mass is 16.5. The molecule has 32 heavy (non-hydrogen) atoms. The minimum Gasteiger partial charge on any atom is -0.497 e. The van der Waals surface area contributed by atoms with Gasteiger partial charge in [0.15, 0.2) is 5.69 Å². The van der Waals surface area contributed by atoms with E-state index in [-0.39, 0.29) is 11.3 Å². The smallest absolute Gasteiger partial charge is 0.292 e. The number of rotatable bonds is 5. The van der Waals surface area contributed by atoms with Crippen LogP contribution in [0.4, 0.5) is 0 Å². The zero-order valence-corrected chi connectivity index (χ0v) is 18.0. The van der Waals surface area contributed by atoms with E-state index in [9.17, 15) is 9.59 Å². The number of carbonyl (C=O) groups is 1. The van der Waals surface area contributed by atoms with Gasteiger partial charge in [-0.2, -0.15) is 14.9 Å². The minimum absolute atomic E-state index is 0.116. The summed E-state index contributed by atoms with van der Waals surface area (Å²) in [5.74, 6) is 0.221. The predicted octanol–water partition coefficient (Wildman–Crippen LogP) is 3.78. The maximum Gasteiger partial charge on any atom is 0.292 e. The second-order valence-electron chi connectivity index (χ2n) is 7.35. The fourth-order valence-electron chi connectivity index (χ4n) is 3.30. The molecule has 0 atom stereocenters. The predicted molar refractivity (Wildman–Crippen MR) is 125 cm³/mol. The Morgan fingerprint density at radius 3 is 2.41 bits per heavy atom. The Kier molecular flexibility index (Phi) is 5.81. The number of aromatic nitrogens is 2. The van der Waals surface area contributed by atoms with Gasteiger partial charge in [-0.05, 0) is 73.0 Å². The van der Waals surface area contributed by atoms with E-state index in [1.165, 1.54) is 10.9 Å². The van der Waals surface area contributed by atoms with Gasteiger partial charge in [-0.1, -0.05) is 24.3 Å². The summed E-state index contributed by atoms with van der Waals surface area (Å²) >= 11 is 0. The fraction of sp³-hybridized carbons (Fsp3) is 0.120. The molecule has 7 nitrogen and oxygen atoms in total. The standard InChI is InChI=1S/C25H22N4O3/c1-16-8-11-19(14-17(16)2)29-25(31)22-7-5-4-6-21(22)23(28-29)24(30)27-26-15-18-9-12-20(32-3)13-10-18/h4-15H,1-3H3,(H,27,30)/b26-15+. The van der Waals surface area contributed by atoms with E-state index in [4.69, 9.17) is 4.74 Å². The minimum atomic E-state index is -0.511. The molecule has 0 fully saturated rings. The van der Waals surface area contributed by atoms with Crippen LogP contribution in [-0.4, -0.2) is 29.0 Å². The number of benzene rings is 3. The van der Waals surface area contributed by atoms with Gasteiger partial charge in [-0.25, -0.2) is 5.43 Å². The third kappa shape index (κ3) is 4.13. The molecular weight excluding hydrogens is 404 g/mol. The number of hydrogen-bond acceptors (Lipinski definition) is 5. The molecule has 0 unspecified atom stereocenters. The molecule has 4 rings (SSSR count). The Morgan fingerprint density at radius 2 is 1.72 bits per heavy atom. The van der Waals surface area contributed by atoms with Gasteiger partial charge in [0.05, 0.1) is 24.4 Å². The molecule has 160 valence electrons. The number of ether oxygens (including phenoxy) is 1. The van der Waals surface area contributed by atoms with Gasteiger partial charge in [-0.15, -0.1) is 0 Å². The van der Waals surface area contributed by atoms with Gasteiger partial charge in [0.2, 0.25) is 0 Å². The lowest BCUT2D eigenvalue weighted by Crippen LogP contribution is -2.28. The molecule has 0 saturated carbocycles. The van der Waals surface area contributed by atoms with Crippen molar-refractivity contribution < 1.29 is 9.53 Å². The molecule has 3 aromatic carbocycles. The van der Waals surface area contributed by atoms with Crippen molar-refractivity contribution in [3.8, 4) is 11.4 Å². The van der Waals surface area contributed by atoms with Gasteiger partial charge >= 0.3 is 0 Å². The molecule has 0 radical (unpaired) electrons. The number of nitrogens with zero attached hydrogens (tertiary/aromatic N) is 3. The van der Waals surface area contributed by atoms with Crippen molar-refractivity contribution in [2.75, 3.05) is 7.11 Å². The van der Waals surface area contributed by atoms with Crippen molar-refractivity contribution in [1.29, 1.82) is 0 Å². The maximum absolute atomic E-state index is 13.1. The monoisotopic (exact) mass is 426 g/mol. The Morgan fingerprint density at radius 1 is 1.00 bits per heavy atom. The number of carbonyl (C=O) groups excluding carboxylic acids is 1. The van der Waals surface area contributed by atoms with Crippen LogP contribution in [0.1, 0.15) is 27.2 Å². The summed E-state index contributed by atoms with van der Waals surface area (Å²) < 4.78 is 6.39. The number of aryl methyl sites for hydroxylation is 2. The highest BCUT2D eigenvalue weighted by molar-refractivity contribution is 6.05. The molecule has 0 bridgehead atoms. The summed E-state index contributed by atoms with van der Waals surface area (Å²) in [6.45, 7) is 3.96. The van der Waals surface area contributed by atoms with Crippen LogP contribution in [0.5, 0.6) is 5.75 Å². The van der Waals surface area contributed by atoms with E-state index in [0.717, 1.165) is 22.4 Å². The topological polar surface area (TPSA) is 85.6 Å². The largest absolute Gasteiger partial charge is 0.497 e. The lowest BCUT2D eigenvalue weighted by Gasteiger charge is -2.11. The van der Waals surface area contributed by atoms with E-state index in [2.05, 4.69) is 15.6 Å². The number of fused-ring (bicyclic) bond motifs is 1. The zero-order valence-electron chi connectivity index (χ0n) is 18.0. The summed E-state index contributed by atoms with van der Waals surface area (Å²) in [5, 5.41) is 9.30. The average Bonchev–Trinajstić information content (AvgIpc) is 2.82. The number of methoxy groups -OCH3 is 1. The summed E-state index contributed by atoms with van der Waals surface area (Å²) in [4.78, 5) is 26.0. The third-order valence-electron chi connectivity index (χ3n) is 5.25. The van der Waals surface area contributed by atoms with E-state index in [1.807, 2.05) is 44.2 Å². The third-order valence-corrected chi connectivity index (χ3v) is 5.25. The lowest BCUT2D eigenvalue weighted by atomic mass is 10.1. The van der Waals surface area contributed by atoms with Gasteiger partial charge < -0.3 is 4.74 Å². The van der Waals surface area contributed by atoms with Crippen LogP contribution in [-0.2, 0) is 0 Å². The van der Waals surface area contributed by atoms with Crippen molar-refractivity contribution in [3.63, 3.8) is 0 Å². The van der Waals surface area contributed by atoms with E-state index < -0.39 is 5.91 Å². The number of nitrogens with one attached hydrogen (secondary N) is 1. The van der Waals surface area contributed by atoms with E-state index in [0.29, 0.717) is 16.5 Å². The van der Waals surface area contributed by atoms with Crippen LogP contribution < -0.4 is 15.7 Å². The van der Waals surface area contributed by atoms with Crippen molar-refractivity contribution in [3.05, 3.63) is 99.5 Å². The molecule has 1 N–H and O–H groups in total. The molecule has 7 heteroatoms. The van der Waals surface area contributed by atoms with Crippen LogP contribution in [0.3, 0.4) is 0 Å². The summed E-state index contributed by atoms with van der Waals surface area (Å²) in [6, 6.07) is 19.8. The summed E-state index contributed by atoms with van der Waals surface area (Å²) in [7, 11) is 1.60. The van der Waals surface area contributed by atoms with Crippen molar-refractivity contribution in [2.24, 2.45) is 5.10 Å². The van der Waals surface area contributed by atoms with Crippen LogP contribution >= 0.6 is 0 Å². The van der Waals surface area contributed by atoms with Crippen LogP contribution in [0, 0.1) is 13.8 Å². The second-order valence-corrected chi connectivity index (χ2v) is 7.35. The first-order valence-electron chi connectivity index (χ1n) is 10.0. The molecule has 0 saturated heterocycles. The summed E-state index contributed by atoms with van der Waals surface area (Å²) in [5.41, 5.74) is 5.86. The number of hydrogen-bond donors (Lipinski definition) is 1. The van der Waals surface area contributed by atoms with Crippen molar-refractivity contribution in [2.45, 2.75) is 13.8 Å². The molecule has 0 aliphatic heterocycles. The first kappa shape index (κ1) is 21.0. The first-order valence-corrected chi connectivity index (χ1v) is 10.0. The normalized spacial score (nSPS) is 11.1. The average molecular weight is 426 g/mol. The van der Waals surface area contributed by atoms with E-state index >= 15 is 0 Å². The van der Waals surface area contributed by atoms with Gasteiger partial charge in [0.1, 0.15) is 5.75 Å². The Bertz CT molecular complexity index is 1390. The van der Waals surface area contributed by atoms with Gasteiger partial charge in [0.25, 0.3) is 11.5 Å². The highest BCUT2D eigenvalue weighted by Crippen LogP contribution is 2.17. The first-order chi connectivity index (χ1) is 15.5. The van der Waals surface area contributed by atoms with Crippen LogP contribution in [0.15, 0.2) is 76.6 Å². The van der Waals surface area contributed by atoms with Gasteiger partial charge in [-0.3, -0.25) is 9.59 Å². The lowest BCUT2D eigenvalue weighted by molar-refractivity contribution is 0.0950. The molecule has 0 aliphatic carbocycles. The van der Waals surface area contributed by atoms with Crippen LogP contribution in [0.2, 0.25) is 0 Å². The second kappa shape index (κ2) is 8.85. The molecule has 0 spiro atoms. The Hall–Kier alpha value is -4.26. The zero-order chi connectivity index (χ0) is 22.7. The van der Waals surface area contributed by atoms with Crippen LogP contribution in [0.25, 0.3) is 16.5 Å². The molecule has 1 heterocycles. The quantitative estimate of drug-likeness (QED) is 0.389. The van der Waals surface area contributed by atoms with E-state index in [1.54, 1.807) is 43.5 Å². The van der Waals surface area contributed by atoms with Crippen molar-refractivity contribution in [1.82, 2.24) is 15.2 Å². The Labute approximate surface area is 185 Å².